The number of amides is 1. The van der Waals surface area contributed by atoms with E-state index in [-0.39, 0.29) is 23.3 Å². The van der Waals surface area contributed by atoms with Crippen molar-refractivity contribution in [3.8, 4) is 0 Å². The summed E-state index contributed by atoms with van der Waals surface area (Å²) >= 11 is 6.55. The monoisotopic (exact) mass is 423 g/mol. The van der Waals surface area contributed by atoms with Crippen molar-refractivity contribution < 1.29 is 4.79 Å². The summed E-state index contributed by atoms with van der Waals surface area (Å²) in [5, 5.41) is 12.4. The van der Waals surface area contributed by atoms with Gasteiger partial charge >= 0.3 is 0 Å². The third kappa shape index (κ3) is 2.99. The molecule has 4 aromatic heterocycles. The lowest BCUT2D eigenvalue weighted by Gasteiger charge is -2.23. The van der Waals surface area contributed by atoms with Crippen LogP contribution >= 0.6 is 11.6 Å². The zero-order valence-corrected chi connectivity index (χ0v) is 17.3. The van der Waals surface area contributed by atoms with Crippen LogP contribution in [0.15, 0.2) is 36.8 Å². The Morgan fingerprint density at radius 2 is 2.13 bits per heavy atom. The molecule has 5 rings (SSSR count). The summed E-state index contributed by atoms with van der Waals surface area (Å²) in [6, 6.07) is 5.31. The molecule has 0 aromatic carbocycles. The Hall–Kier alpha value is -3.13. The van der Waals surface area contributed by atoms with E-state index >= 15 is 0 Å². The van der Waals surface area contributed by atoms with E-state index in [0.717, 1.165) is 29.6 Å². The standard InChI is InChI=1S/C21H22ClN7O/c1-12(26-21(30)17-19(23)27-28-10-4-8-24-20(17)28)14-11-15(22)16-7-9-25-29(16)18(14)13-5-2-3-6-13/h4,7-13H,2-3,5-6H2,1H3,(H2,23,27)(H,26,30). The molecule has 1 atom stereocenters. The van der Waals surface area contributed by atoms with Gasteiger partial charge in [-0.1, -0.05) is 24.4 Å². The minimum atomic E-state index is -0.317. The van der Waals surface area contributed by atoms with Crippen molar-refractivity contribution in [1.29, 1.82) is 0 Å². The van der Waals surface area contributed by atoms with Crippen molar-refractivity contribution in [3.63, 3.8) is 0 Å². The van der Waals surface area contributed by atoms with Gasteiger partial charge in [-0.15, -0.1) is 5.10 Å². The molecule has 1 amide bonds. The molecule has 0 bridgehead atoms. The summed E-state index contributed by atoms with van der Waals surface area (Å²) in [4.78, 5) is 17.4. The maximum Gasteiger partial charge on any atom is 0.259 e. The fraction of sp³-hybridized carbons (Fsp3) is 0.333. The number of hydrogen-bond donors (Lipinski definition) is 2. The van der Waals surface area contributed by atoms with Gasteiger partial charge < -0.3 is 11.1 Å². The molecule has 1 unspecified atom stereocenters. The lowest BCUT2D eigenvalue weighted by molar-refractivity contribution is 0.0942. The van der Waals surface area contributed by atoms with Gasteiger partial charge in [-0.2, -0.15) is 5.10 Å². The number of anilines is 1. The first kappa shape index (κ1) is 18.9. The third-order valence-corrected chi connectivity index (χ3v) is 6.20. The molecule has 0 radical (unpaired) electrons. The summed E-state index contributed by atoms with van der Waals surface area (Å²) in [6.45, 7) is 1.95. The van der Waals surface area contributed by atoms with Gasteiger partial charge in [0, 0.05) is 18.3 Å². The van der Waals surface area contributed by atoms with Crippen LogP contribution in [-0.2, 0) is 0 Å². The normalized spacial score (nSPS) is 15.8. The van der Waals surface area contributed by atoms with Crippen LogP contribution in [0.5, 0.6) is 0 Å². The van der Waals surface area contributed by atoms with Crippen LogP contribution in [0.25, 0.3) is 11.2 Å². The highest BCUT2D eigenvalue weighted by molar-refractivity contribution is 6.33. The Bertz CT molecular complexity index is 1260. The van der Waals surface area contributed by atoms with Crippen LogP contribution in [0.4, 0.5) is 5.82 Å². The Morgan fingerprint density at radius 1 is 1.33 bits per heavy atom. The first-order valence-corrected chi connectivity index (χ1v) is 10.5. The summed E-state index contributed by atoms with van der Waals surface area (Å²) in [7, 11) is 0. The van der Waals surface area contributed by atoms with Crippen molar-refractivity contribution in [2.24, 2.45) is 0 Å². The fourth-order valence-electron chi connectivity index (χ4n) is 4.51. The van der Waals surface area contributed by atoms with Crippen LogP contribution in [0, 0.1) is 0 Å². The van der Waals surface area contributed by atoms with E-state index in [0.29, 0.717) is 16.6 Å². The maximum atomic E-state index is 13.1. The second-order valence-electron chi connectivity index (χ2n) is 7.79. The molecule has 1 saturated carbocycles. The zero-order chi connectivity index (χ0) is 20.8. The second kappa shape index (κ2) is 7.28. The molecule has 1 fully saturated rings. The minimum Gasteiger partial charge on any atom is -0.381 e. The predicted octanol–water partition coefficient (Wildman–Crippen LogP) is 3.76. The van der Waals surface area contributed by atoms with Gasteiger partial charge in [-0.05, 0) is 43.5 Å². The second-order valence-corrected chi connectivity index (χ2v) is 8.19. The van der Waals surface area contributed by atoms with Crippen LogP contribution in [0.3, 0.4) is 0 Å². The number of carbonyl (C=O) groups excluding carboxylic acids is 1. The Labute approximate surface area is 178 Å². The molecule has 9 heteroatoms. The average molecular weight is 424 g/mol. The molecule has 8 nitrogen and oxygen atoms in total. The number of nitrogens with one attached hydrogen (secondary N) is 1. The van der Waals surface area contributed by atoms with Crippen LogP contribution in [0.1, 0.15) is 66.2 Å². The smallest absolute Gasteiger partial charge is 0.259 e. The number of aromatic nitrogens is 5. The number of rotatable bonds is 4. The maximum absolute atomic E-state index is 13.1. The van der Waals surface area contributed by atoms with Gasteiger partial charge in [0.2, 0.25) is 0 Å². The molecule has 4 heterocycles. The number of halogens is 1. The highest BCUT2D eigenvalue weighted by Crippen LogP contribution is 2.39. The number of nitrogens with two attached hydrogens (primary N) is 1. The first-order valence-electron chi connectivity index (χ1n) is 10.1. The van der Waals surface area contributed by atoms with Crippen LogP contribution in [0.2, 0.25) is 5.02 Å². The van der Waals surface area contributed by atoms with Crippen molar-refractivity contribution >= 4 is 34.5 Å². The molecule has 4 aromatic rings. The zero-order valence-electron chi connectivity index (χ0n) is 16.5. The van der Waals surface area contributed by atoms with Gasteiger partial charge in [0.05, 0.1) is 28.5 Å². The Morgan fingerprint density at radius 3 is 2.93 bits per heavy atom. The van der Waals surface area contributed by atoms with E-state index in [1.807, 2.05) is 23.6 Å². The van der Waals surface area contributed by atoms with Gasteiger partial charge in [0.1, 0.15) is 5.56 Å². The van der Waals surface area contributed by atoms with Crippen molar-refractivity contribution in [1.82, 2.24) is 29.5 Å². The van der Waals surface area contributed by atoms with Crippen molar-refractivity contribution in [3.05, 3.63) is 58.6 Å². The van der Waals surface area contributed by atoms with E-state index in [2.05, 4.69) is 20.5 Å². The van der Waals surface area contributed by atoms with Gasteiger partial charge in [0.15, 0.2) is 11.5 Å². The molecule has 154 valence electrons. The summed E-state index contributed by atoms with van der Waals surface area (Å²) in [5.41, 5.74) is 9.69. The quantitative estimate of drug-likeness (QED) is 0.520. The molecule has 1 aliphatic carbocycles. The van der Waals surface area contributed by atoms with E-state index in [1.54, 1.807) is 24.7 Å². The summed E-state index contributed by atoms with van der Waals surface area (Å²) in [5.74, 6) is 0.223. The Balaban J connectivity index is 1.54. The number of fused-ring (bicyclic) bond motifs is 2. The van der Waals surface area contributed by atoms with Crippen LogP contribution in [-0.4, -0.2) is 30.1 Å². The lowest BCUT2D eigenvalue weighted by atomic mass is 9.94. The SMILES string of the molecule is CC(NC(=O)c1c(N)nn2cccnc12)c1cc(Cl)c2ccnn2c1C1CCCC1. The average Bonchev–Trinajstić information content (AvgIpc) is 3.47. The van der Waals surface area contributed by atoms with E-state index in [1.165, 1.54) is 17.4 Å². The summed E-state index contributed by atoms with van der Waals surface area (Å²) in [6.07, 6.45) is 9.69. The minimum absolute atomic E-state index is 0.148. The largest absolute Gasteiger partial charge is 0.381 e. The Kier molecular flexibility index (Phi) is 4.58. The molecule has 0 saturated heterocycles. The van der Waals surface area contributed by atoms with Crippen molar-refractivity contribution in [2.45, 2.75) is 44.6 Å². The number of nitrogens with zero attached hydrogens (tertiary/aromatic N) is 5. The molecular weight excluding hydrogens is 402 g/mol. The van der Waals surface area contributed by atoms with E-state index in [9.17, 15) is 4.79 Å². The lowest BCUT2D eigenvalue weighted by Crippen LogP contribution is -2.29. The van der Waals surface area contributed by atoms with Crippen molar-refractivity contribution in [2.75, 3.05) is 5.73 Å². The number of pyridine rings is 1. The number of hydrogen-bond acceptors (Lipinski definition) is 5. The van der Waals surface area contributed by atoms with Gasteiger partial charge in [-0.25, -0.2) is 14.0 Å². The molecule has 3 N–H and O–H groups in total. The van der Waals surface area contributed by atoms with Gasteiger partial charge in [0.25, 0.3) is 5.91 Å². The van der Waals surface area contributed by atoms with E-state index < -0.39 is 0 Å². The van der Waals surface area contributed by atoms with Gasteiger partial charge in [-0.3, -0.25) is 4.79 Å². The number of nitrogen functional groups attached to an aromatic ring is 1. The fourth-order valence-corrected chi connectivity index (χ4v) is 4.77. The van der Waals surface area contributed by atoms with Crippen LogP contribution < -0.4 is 11.1 Å². The molecule has 0 spiro atoms. The first-order chi connectivity index (χ1) is 14.5. The predicted molar refractivity (Wildman–Crippen MR) is 115 cm³/mol. The highest BCUT2D eigenvalue weighted by Gasteiger charge is 2.28. The highest BCUT2D eigenvalue weighted by atomic mass is 35.5. The molecule has 1 aliphatic rings. The third-order valence-electron chi connectivity index (χ3n) is 5.90. The van der Waals surface area contributed by atoms with E-state index in [4.69, 9.17) is 17.3 Å². The number of carbonyl (C=O) groups is 1. The summed E-state index contributed by atoms with van der Waals surface area (Å²) < 4.78 is 3.44. The molecular formula is C21H22ClN7O. The topological polar surface area (TPSA) is 103 Å². The molecule has 30 heavy (non-hydrogen) atoms. The molecule has 0 aliphatic heterocycles.